The summed E-state index contributed by atoms with van der Waals surface area (Å²) in [5.74, 6) is 0. The zero-order valence-corrected chi connectivity index (χ0v) is 13.5. The first-order valence-electron chi connectivity index (χ1n) is 6.70. The lowest BCUT2D eigenvalue weighted by Crippen LogP contribution is -2.25. The van der Waals surface area contributed by atoms with Crippen LogP contribution in [0, 0.1) is 0 Å². The van der Waals surface area contributed by atoms with Crippen LogP contribution in [0.2, 0.25) is 0 Å². The smallest absolute Gasteiger partial charge is 0.0981 e. The molecule has 1 aromatic heterocycles. The van der Waals surface area contributed by atoms with Crippen molar-refractivity contribution in [2.45, 2.75) is 63.3 Å². The van der Waals surface area contributed by atoms with Crippen LogP contribution in [0.3, 0.4) is 0 Å². The Bertz CT molecular complexity index is 381. The molecule has 0 aliphatic heterocycles. The molecule has 0 amide bonds. The number of hydrogen-bond donors (Lipinski definition) is 1. The van der Waals surface area contributed by atoms with Gasteiger partial charge in [0, 0.05) is 34.3 Å². The summed E-state index contributed by atoms with van der Waals surface area (Å²) in [5.41, 5.74) is 0.181. The van der Waals surface area contributed by atoms with Gasteiger partial charge in [0.25, 0.3) is 0 Å². The van der Waals surface area contributed by atoms with Crippen LogP contribution < -0.4 is 5.32 Å². The SMILES string of the molecule is CSC1CCC(NCc2cnc(C(C)(C)C)s2)C1. The standard InChI is InChI=1S/C14H24N2S2/c1-14(2,3)13-16-9-12(18-13)8-15-10-5-6-11(7-10)17-4/h9-11,15H,5-8H2,1-4H3. The van der Waals surface area contributed by atoms with Crippen LogP contribution in [-0.4, -0.2) is 22.5 Å². The van der Waals surface area contributed by atoms with Gasteiger partial charge < -0.3 is 5.32 Å². The van der Waals surface area contributed by atoms with Crippen molar-refractivity contribution in [2.75, 3.05) is 6.26 Å². The van der Waals surface area contributed by atoms with Crippen molar-refractivity contribution < 1.29 is 0 Å². The van der Waals surface area contributed by atoms with Gasteiger partial charge in [0.1, 0.15) is 0 Å². The summed E-state index contributed by atoms with van der Waals surface area (Å²) < 4.78 is 0. The summed E-state index contributed by atoms with van der Waals surface area (Å²) in [4.78, 5) is 5.91. The van der Waals surface area contributed by atoms with Crippen molar-refractivity contribution in [1.29, 1.82) is 0 Å². The number of rotatable bonds is 4. The molecule has 1 aliphatic rings. The molecule has 1 heterocycles. The fourth-order valence-electron chi connectivity index (χ4n) is 2.32. The van der Waals surface area contributed by atoms with E-state index in [2.05, 4.69) is 37.3 Å². The van der Waals surface area contributed by atoms with E-state index >= 15 is 0 Å². The Kier molecular flexibility index (Phi) is 4.73. The molecule has 1 N–H and O–H groups in total. The zero-order chi connectivity index (χ0) is 13.2. The van der Waals surface area contributed by atoms with E-state index in [1.165, 1.54) is 29.1 Å². The van der Waals surface area contributed by atoms with E-state index in [0.717, 1.165) is 11.8 Å². The average molecular weight is 284 g/mol. The molecule has 2 nitrogen and oxygen atoms in total. The average Bonchev–Trinajstić information content (AvgIpc) is 2.94. The van der Waals surface area contributed by atoms with Gasteiger partial charge in [0.2, 0.25) is 0 Å². The zero-order valence-electron chi connectivity index (χ0n) is 11.8. The normalized spacial score (nSPS) is 24.7. The minimum Gasteiger partial charge on any atom is -0.309 e. The van der Waals surface area contributed by atoms with Crippen LogP contribution in [0.4, 0.5) is 0 Å². The Labute approximate surface area is 119 Å². The molecule has 0 aromatic carbocycles. The molecule has 2 unspecified atom stereocenters. The van der Waals surface area contributed by atoms with Gasteiger partial charge in [-0.2, -0.15) is 11.8 Å². The van der Waals surface area contributed by atoms with Gasteiger partial charge in [0.15, 0.2) is 0 Å². The van der Waals surface area contributed by atoms with E-state index in [1.807, 2.05) is 29.3 Å². The van der Waals surface area contributed by atoms with Crippen molar-refractivity contribution in [3.05, 3.63) is 16.1 Å². The monoisotopic (exact) mass is 284 g/mol. The molecule has 0 spiro atoms. The number of hydrogen-bond acceptors (Lipinski definition) is 4. The highest BCUT2D eigenvalue weighted by atomic mass is 32.2. The lowest BCUT2D eigenvalue weighted by molar-refractivity contribution is 0.528. The maximum absolute atomic E-state index is 4.54. The second-order valence-corrected chi connectivity index (χ2v) is 8.38. The molecule has 1 aliphatic carbocycles. The summed E-state index contributed by atoms with van der Waals surface area (Å²) in [6, 6.07) is 0.711. The van der Waals surface area contributed by atoms with Crippen LogP contribution in [0.5, 0.6) is 0 Å². The first-order valence-corrected chi connectivity index (χ1v) is 8.81. The molecule has 102 valence electrons. The van der Waals surface area contributed by atoms with Gasteiger partial charge in [-0.25, -0.2) is 4.98 Å². The van der Waals surface area contributed by atoms with E-state index in [0.29, 0.717) is 6.04 Å². The molecule has 0 radical (unpaired) electrons. The summed E-state index contributed by atoms with van der Waals surface area (Å²) >= 11 is 3.87. The first kappa shape index (κ1) is 14.4. The molecule has 2 rings (SSSR count). The highest BCUT2D eigenvalue weighted by molar-refractivity contribution is 7.99. The van der Waals surface area contributed by atoms with Gasteiger partial charge in [-0.05, 0) is 25.5 Å². The van der Waals surface area contributed by atoms with Crippen molar-refractivity contribution in [3.63, 3.8) is 0 Å². The minimum absolute atomic E-state index is 0.181. The van der Waals surface area contributed by atoms with Gasteiger partial charge in [-0.15, -0.1) is 11.3 Å². The van der Waals surface area contributed by atoms with Gasteiger partial charge >= 0.3 is 0 Å². The van der Waals surface area contributed by atoms with E-state index in [9.17, 15) is 0 Å². The Morgan fingerprint density at radius 3 is 2.78 bits per heavy atom. The fourth-order valence-corrected chi connectivity index (χ4v) is 4.04. The quantitative estimate of drug-likeness (QED) is 0.910. The van der Waals surface area contributed by atoms with Crippen LogP contribution in [0.1, 0.15) is 49.9 Å². The summed E-state index contributed by atoms with van der Waals surface area (Å²) in [6.07, 6.45) is 8.29. The molecular weight excluding hydrogens is 260 g/mol. The molecule has 18 heavy (non-hydrogen) atoms. The third-order valence-electron chi connectivity index (χ3n) is 3.48. The van der Waals surface area contributed by atoms with E-state index in [4.69, 9.17) is 0 Å². The number of thioether (sulfide) groups is 1. The number of nitrogens with zero attached hydrogens (tertiary/aromatic N) is 1. The van der Waals surface area contributed by atoms with Crippen LogP contribution >= 0.6 is 23.1 Å². The lowest BCUT2D eigenvalue weighted by Gasteiger charge is -2.14. The third-order valence-corrected chi connectivity index (χ3v) is 6.00. The first-order chi connectivity index (χ1) is 8.49. The topological polar surface area (TPSA) is 24.9 Å². The Balaban J connectivity index is 1.82. The molecule has 0 bridgehead atoms. The lowest BCUT2D eigenvalue weighted by atomic mass is 9.98. The highest BCUT2D eigenvalue weighted by Crippen LogP contribution is 2.29. The Morgan fingerprint density at radius 1 is 1.44 bits per heavy atom. The van der Waals surface area contributed by atoms with Crippen molar-refractivity contribution in [1.82, 2.24) is 10.3 Å². The van der Waals surface area contributed by atoms with Gasteiger partial charge in [0.05, 0.1) is 5.01 Å². The number of nitrogens with one attached hydrogen (secondary N) is 1. The number of thiazole rings is 1. The summed E-state index contributed by atoms with van der Waals surface area (Å²) in [7, 11) is 0. The molecule has 4 heteroatoms. The Hall–Kier alpha value is -0.0600. The van der Waals surface area contributed by atoms with Crippen LogP contribution in [-0.2, 0) is 12.0 Å². The second kappa shape index (κ2) is 5.93. The predicted octanol–water partition coefficient (Wildman–Crippen LogP) is 3.81. The Morgan fingerprint density at radius 2 is 2.22 bits per heavy atom. The largest absolute Gasteiger partial charge is 0.309 e. The molecular formula is C14H24N2S2. The van der Waals surface area contributed by atoms with Crippen LogP contribution in [0.15, 0.2) is 6.20 Å². The summed E-state index contributed by atoms with van der Waals surface area (Å²) in [6.45, 7) is 7.66. The molecule has 1 saturated carbocycles. The van der Waals surface area contributed by atoms with Gasteiger partial charge in [-0.1, -0.05) is 20.8 Å². The third kappa shape index (κ3) is 3.72. The van der Waals surface area contributed by atoms with Crippen LogP contribution in [0.25, 0.3) is 0 Å². The molecule has 1 fully saturated rings. The molecule has 1 aromatic rings. The molecule has 2 atom stereocenters. The fraction of sp³-hybridized carbons (Fsp3) is 0.786. The van der Waals surface area contributed by atoms with Gasteiger partial charge in [-0.3, -0.25) is 0 Å². The minimum atomic E-state index is 0.181. The maximum atomic E-state index is 4.54. The van der Waals surface area contributed by atoms with Crippen molar-refractivity contribution >= 4 is 23.1 Å². The maximum Gasteiger partial charge on any atom is 0.0981 e. The van der Waals surface area contributed by atoms with Crippen molar-refractivity contribution in [3.8, 4) is 0 Å². The number of aromatic nitrogens is 1. The van der Waals surface area contributed by atoms with E-state index in [-0.39, 0.29) is 5.41 Å². The van der Waals surface area contributed by atoms with Crippen molar-refractivity contribution in [2.24, 2.45) is 0 Å². The predicted molar refractivity (Wildman–Crippen MR) is 82.6 cm³/mol. The van der Waals surface area contributed by atoms with E-state index < -0.39 is 0 Å². The second-order valence-electron chi connectivity index (χ2n) is 6.13. The molecule has 0 saturated heterocycles. The highest BCUT2D eigenvalue weighted by Gasteiger charge is 2.24. The summed E-state index contributed by atoms with van der Waals surface area (Å²) in [5, 5.41) is 5.80. The van der Waals surface area contributed by atoms with E-state index in [1.54, 1.807) is 0 Å².